The van der Waals surface area contributed by atoms with Crippen LogP contribution in [-0.2, 0) is 4.79 Å². The Bertz CT molecular complexity index is 815. The van der Waals surface area contributed by atoms with Crippen molar-refractivity contribution in [2.24, 2.45) is 0 Å². The minimum atomic E-state index is -0.519. The number of hydrogen-bond acceptors (Lipinski definition) is 6. The summed E-state index contributed by atoms with van der Waals surface area (Å²) in [5.41, 5.74) is 0.626. The highest BCUT2D eigenvalue weighted by Gasteiger charge is 2.21. The SMILES string of the molecule is C[C@H](C(=O)N[C@H](C)c1nc(-c2ccc(F)cc2)no1)n1cncn1. The number of benzene rings is 1. The smallest absolute Gasteiger partial charge is 0.249 e. The first-order valence-corrected chi connectivity index (χ1v) is 7.28. The third-order valence-electron chi connectivity index (χ3n) is 3.49. The van der Waals surface area contributed by atoms with Crippen molar-refractivity contribution in [2.75, 3.05) is 0 Å². The molecule has 0 aliphatic heterocycles. The van der Waals surface area contributed by atoms with Gasteiger partial charge in [0.25, 0.3) is 0 Å². The molecular weight excluding hydrogens is 315 g/mol. The first kappa shape index (κ1) is 15.8. The van der Waals surface area contributed by atoms with Crippen LogP contribution in [0.3, 0.4) is 0 Å². The van der Waals surface area contributed by atoms with Gasteiger partial charge in [-0.25, -0.2) is 14.1 Å². The van der Waals surface area contributed by atoms with E-state index < -0.39 is 12.1 Å². The summed E-state index contributed by atoms with van der Waals surface area (Å²) in [5.74, 6) is -0.0105. The number of halogens is 1. The second-order valence-electron chi connectivity index (χ2n) is 5.24. The molecule has 0 fully saturated rings. The van der Waals surface area contributed by atoms with Crippen LogP contribution in [0.2, 0.25) is 0 Å². The van der Waals surface area contributed by atoms with Gasteiger partial charge in [-0.15, -0.1) is 0 Å². The number of nitrogens with zero attached hydrogens (tertiary/aromatic N) is 5. The standard InChI is InChI=1S/C15H15FN6O2/c1-9(19-14(23)10(2)22-8-17-7-18-22)15-20-13(21-24-15)11-3-5-12(16)6-4-11/h3-10H,1-2H3,(H,19,23)/t9-,10-/m1/s1. The highest BCUT2D eigenvalue weighted by Crippen LogP contribution is 2.19. The Hall–Kier alpha value is -3.10. The lowest BCUT2D eigenvalue weighted by atomic mass is 10.2. The molecule has 8 nitrogen and oxygen atoms in total. The van der Waals surface area contributed by atoms with Gasteiger partial charge in [-0.05, 0) is 38.1 Å². The Morgan fingerprint density at radius 3 is 2.71 bits per heavy atom. The monoisotopic (exact) mass is 330 g/mol. The summed E-state index contributed by atoms with van der Waals surface area (Å²) < 4.78 is 19.6. The van der Waals surface area contributed by atoms with Gasteiger partial charge in [0.2, 0.25) is 17.6 Å². The molecule has 1 aromatic carbocycles. The molecule has 124 valence electrons. The molecule has 0 aliphatic carbocycles. The minimum absolute atomic E-state index is 0.255. The first-order chi connectivity index (χ1) is 11.5. The molecule has 1 N–H and O–H groups in total. The van der Waals surface area contributed by atoms with E-state index in [1.54, 1.807) is 26.0 Å². The van der Waals surface area contributed by atoms with Crippen LogP contribution in [0.25, 0.3) is 11.4 Å². The van der Waals surface area contributed by atoms with Gasteiger partial charge >= 0.3 is 0 Å². The summed E-state index contributed by atoms with van der Waals surface area (Å²) in [4.78, 5) is 20.3. The third kappa shape index (κ3) is 3.29. The molecule has 0 aliphatic rings. The number of nitrogens with one attached hydrogen (secondary N) is 1. The molecule has 0 unspecified atom stereocenters. The summed E-state index contributed by atoms with van der Waals surface area (Å²) in [7, 11) is 0. The fraction of sp³-hybridized carbons (Fsp3) is 0.267. The maximum absolute atomic E-state index is 12.9. The topological polar surface area (TPSA) is 98.7 Å². The van der Waals surface area contributed by atoms with Crippen molar-refractivity contribution in [3.8, 4) is 11.4 Å². The lowest BCUT2D eigenvalue weighted by Gasteiger charge is -2.14. The number of amides is 1. The van der Waals surface area contributed by atoms with E-state index in [9.17, 15) is 9.18 Å². The number of carbonyl (C=O) groups is 1. The normalized spacial score (nSPS) is 13.5. The molecule has 3 aromatic rings. The van der Waals surface area contributed by atoms with Crippen molar-refractivity contribution in [2.45, 2.75) is 25.9 Å². The van der Waals surface area contributed by atoms with E-state index in [0.717, 1.165) is 0 Å². The molecule has 3 rings (SSSR count). The summed E-state index contributed by atoms with van der Waals surface area (Å²) in [6.45, 7) is 3.43. The van der Waals surface area contributed by atoms with E-state index in [4.69, 9.17) is 4.52 Å². The Morgan fingerprint density at radius 2 is 2.04 bits per heavy atom. The van der Waals surface area contributed by atoms with Gasteiger partial charge in [-0.3, -0.25) is 4.79 Å². The summed E-state index contributed by atoms with van der Waals surface area (Å²) in [6, 6.07) is 4.74. The van der Waals surface area contributed by atoms with E-state index in [-0.39, 0.29) is 17.6 Å². The van der Waals surface area contributed by atoms with Gasteiger partial charge in [0.1, 0.15) is 30.6 Å². The summed E-state index contributed by atoms with van der Waals surface area (Å²) in [6.07, 6.45) is 2.83. The average molecular weight is 330 g/mol. The number of rotatable bonds is 5. The Morgan fingerprint density at radius 1 is 1.29 bits per heavy atom. The first-order valence-electron chi connectivity index (χ1n) is 7.28. The van der Waals surface area contributed by atoms with Gasteiger partial charge in [0.05, 0.1) is 0 Å². The molecule has 0 bridgehead atoms. The van der Waals surface area contributed by atoms with Crippen molar-refractivity contribution in [3.05, 3.63) is 48.6 Å². The molecule has 0 saturated heterocycles. The van der Waals surface area contributed by atoms with Crippen LogP contribution < -0.4 is 5.32 Å². The van der Waals surface area contributed by atoms with Crippen LogP contribution in [0.4, 0.5) is 4.39 Å². The van der Waals surface area contributed by atoms with Gasteiger partial charge in [0.15, 0.2) is 0 Å². The predicted molar refractivity (Wildman–Crippen MR) is 81.0 cm³/mol. The average Bonchev–Trinajstić information content (AvgIpc) is 3.26. The quantitative estimate of drug-likeness (QED) is 0.767. The molecule has 1 amide bonds. The maximum atomic E-state index is 12.9. The lowest BCUT2D eigenvalue weighted by molar-refractivity contribution is -0.125. The van der Waals surface area contributed by atoms with Gasteiger partial charge < -0.3 is 9.84 Å². The van der Waals surface area contributed by atoms with Crippen molar-refractivity contribution in [1.82, 2.24) is 30.2 Å². The second-order valence-corrected chi connectivity index (χ2v) is 5.24. The van der Waals surface area contributed by atoms with E-state index in [2.05, 4.69) is 25.5 Å². The molecular formula is C15H15FN6O2. The third-order valence-corrected chi connectivity index (χ3v) is 3.49. The molecule has 0 saturated carbocycles. The van der Waals surface area contributed by atoms with E-state index in [1.165, 1.54) is 29.5 Å². The number of hydrogen-bond donors (Lipinski definition) is 1. The van der Waals surface area contributed by atoms with Crippen molar-refractivity contribution >= 4 is 5.91 Å². The molecule has 2 aromatic heterocycles. The van der Waals surface area contributed by atoms with Gasteiger partial charge in [-0.2, -0.15) is 10.1 Å². The van der Waals surface area contributed by atoms with Gasteiger partial charge in [0, 0.05) is 5.56 Å². The van der Waals surface area contributed by atoms with E-state index in [0.29, 0.717) is 11.4 Å². The zero-order chi connectivity index (χ0) is 17.1. The van der Waals surface area contributed by atoms with Gasteiger partial charge in [-0.1, -0.05) is 5.16 Å². The number of aromatic nitrogens is 5. The molecule has 24 heavy (non-hydrogen) atoms. The van der Waals surface area contributed by atoms with Crippen LogP contribution in [0.15, 0.2) is 41.4 Å². The van der Waals surface area contributed by atoms with E-state index in [1.807, 2.05) is 0 Å². The molecule has 0 spiro atoms. The minimum Gasteiger partial charge on any atom is -0.343 e. The zero-order valence-corrected chi connectivity index (χ0v) is 13.0. The Kier molecular flexibility index (Phi) is 4.32. The fourth-order valence-corrected chi connectivity index (χ4v) is 2.06. The second kappa shape index (κ2) is 6.57. The van der Waals surface area contributed by atoms with Crippen molar-refractivity contribution in [1.29, 1.82) is 0 Å². The largest absolute Gasteiger partial charge is 0.343 e. The Balaban J connectivity index is 1.68. The Labute approximate surface area is 136 Å². The zero-order valence-electron chi connectivity index (χ0n) is 13.0. The summed E-state index contributed by atoms with van der Waals surface area (Å²) >= 11 is 0. The highest BCUT2D eigenvalue weighted by molar-refractivity contribution is 5.80. The maximum Gasteiger partial charge on any atom is 0.249 e. The summed E-state index contributed by atoms with van der Waals surface area (Å²) in [5, 5.41) is 10.6. The fourth-order valence-electron chi connectivity index (χ4n) is 2.06. The van der Waals surface area contributed by atoms with Crippen LogP contribution in [0.1, 0.15) is 31.8 Å². The highest BCUT2D eigenvalue weighted by atomic mass is 19.1. The van der Waals surface area contributed by atoms with Crippen molar-refractivity contribution < 1.29 is 13.7 Å². The van der Waals surface area contributed by atoms with Crippen LogP contribution in [-0.4, -0.2) is 30.8 Å². The molecule has 9 heteroatoms. The van der Waals surface area contributed by atoms with Crippen LogP contribution in [0, 0.1) is 5.82 Å². The predicted octanol–water partition coefficient (Wildman–Crippen LogP) is 1.91. The molecule has 2 atom stereocenters. The number of carbonyl (C=O) groups excluding carboxylic acids is 1. The van der Waals surface area contributed by atoms with E-state index >= 15 is 0 Å². The van der Waals surface area contributed by atoms with Crippen LogP contribution >= 0.6 is 0 Å². The molecule has 2 heterocycles. The molecule has 0 radical (unpaired) electrons. The van der Waals surface area contributed by atoms with Crippen molar-refractivity contribution in [3.63, 3.8) is 0 Å². The van der Waals surface area contributed by atoms with Crippen LogP contribution in [0.5, 0.6) is 0 Å². The lowest BCUT2D eigenvalue weighted by Crippen LogP contribution is -2.33.